The average molecular weight is 352 g/mol. The third-order valence-corrected chi connectivity index (χ3v) is 4.97. The number of hydrogen-bond acceptors (Lipinski definition) is 1. The number of para-hydroxylation sites is 1. The number of rotatable bonds is 2. The van der Waals surface area contributed by atoms with E-state index in [-0.39, 0.29) is 11.9 Å². The van der Waals surface area contributed by atoms with Crippen LogP contribution in [0.2, 0.25) is 0 Å². The number of nitrogens with zero attached hydrogens (tertiary/aromatic N) is 2. The largest absolute Gasteiger partial charge is 0.315 e. The zero-order chi connectivity index (χ0) is 18.2. The first-order valence-electron chi connectivity index (χ1n) is 8.97. The quantitative estimate of drug-likeness (QED) is 0.450. The smallest absolute Gasteiger partial charge is 0.123 e. The molecule has 0 unspecified atom stereocenters. The molecule has 0 amide bonds. The topological polar surface area (TPSA) is 17.3 Å². The fourth-order valence-corrected chi connectivity index (χ4v) is 3.71. The van der Waals surface area contributed by atoms with Gasteiger partial charge in [-0.2, -0.15) is 0 Å². The van der Waals surface area contributed by atoms with Gasteiger partial charge in [0, 0.05) is 17.3 Å². The maximum Gasteiger partial charge on any atom is 0.123 e. The van der Waals surface area contributed by atoms with Crippen LogP contribution in [0.5, 0.6) is 0 Å². The molecular weight excluding hydrogens is 335 g/mol. The van der Waals surface area contributed by atoms with Crippen molar-refractivity contribution < 1.29 is 4.39 Å². The molecule has 1 aliphatic rings. The van der Waals surface area contributed by atoms with Crippen molar-refractivity contribution in [3.8, 4) is 5.69 Å². The predicted octanol–water partition coefficient (Wildman–Crippen LogP) is 5.56. The zero-order valence-corrected chi connectivity index (χ0v) is 14.6. The van der Waals surface area contributed by atoms with Gasteiger partial charge >= 0.3 is 0 Å². The summed E-state index contributed by atoms with van der Waals surface area (Å²) in [4.78, 5) is 5.17. The second-order valence-corrected chi connectivity index (χ2v) is 6.62. The minimum Gasteiger partial charge on any atom is -0.315 e. The number of benzene rings is 3. The van der Waals surface area contributed by atoms with E-state index in [0.717, 1.165) is 33.8 Å². The van der Waals surface area contributed by atoms with Crippen molar-refractivity contribution in [3.63, 3.8) is 0 Å². The Morgan fingerprint density at radius 3 is 2.30 bits per heavy atom. The van der Waals surface area contributed by atoms with Crippen LogP contribution >= 0.6 is 0 Å². The fourth-order valence-electron chi connectivity index (χ4n) is 3.71. The maximum atomic E-state index is 13.5. The number of fused-ring (bicyclic) bond motifs is 3. The summed E-state index contributed by atoms with van der Waals surface area (Å²) < 4.78 is 15.6. The van der Waals surface area contributed by atoms with E-state index < -0.39 is 0 Å². The van der Waals surface area contributed by atoms with Crippen LogP contribution in [0.25, 0.3) is 5.69 Å². The van der Waals surface area contributed by atoms with E-state index in [0.29, 0.717) is 0 Å². The molecular formula is C24H17FN2. The molecule has 3 heteroatoms. The molecule has 1 aliphatic heterocycles. The summed E-state index contributed by atoms with van der Waals surface area (Å²) in [5, 5.41) is 0. The monoisotopic (exact) mass is 352 g/mol. The molecule has 2 nitrogen and oxygen atoms in total. The third kappa shape index (κ3) is 2.68. The lowest BCUT2D eigenvalue weighted by atomic mass is 9.97. The molecule has 0 bridgehead atoms. The van der Waals surface area contributed by atoms with Crippen molar-refractivity contribution in [2.75, 3.05) is 0 Å². The van der Waals surface area contributed by atoms with Crippen molar-refractivity contribution in [2.45, 2.75) is 6.04 Å². The highest BCUT2D eigenvalue weighted by atomic mass is 19.1. The lowest BCUT2D eigenvalue weighted by Crippen LogP contribution is -2.08. The van der Waals surface area contributed by atoms with Crippen molar-refractivity contribution in [1.82, 2.24) is 4.57 Å². The van der Waals surface area contributed by atoms with Gasteiger partial charge in [-0.25, -0.2) is 4.39 Å². The molecule has 2 heterocycles. The first-order chi connectivity index (χ1) is 13.3. The lowest BCUT2D eigenvalue weighted by Gasteiger charge is -2.16. The summed E-state index contributed by atoms with van der Waals surface area (Å²) in [5.74, 6) is -0.244. The molecule has 4 aromatic rings. The average Bonchev–Trinajstić information content (AvgIpc) is 3.15. The van der Waals surface area contributed by atoms with Crippen LogP contribution in [0.1, 0.15) is 28.4 Å². The van der Waals surface area contributed by atoms with Gasteiger partial charge in [-0.05, 0) is 48.0 Å². The Labute approximate surface area is 157 Å². The Balaban J connectivity index is 1.80. The van der Waals surface area contributed by atoms with E-state index in [9.17, 15) is 4.39 Å². The zero-order valence-electron chi connectivity index (χ0n) is 14.6. The van der Waals surface area contributed by atoms with Gasteiger partial charge in [-0.3, -0.25) is 4.99 Å². The van der Waals surface area contributed by atoms with Crippen LogP contribution in [0.15, 0.2) is 102 Å². The summed E-state index contributed by atoms with van der Waals surface area (Å²) >= 11 is 0. The van der Waals surface area contributed by atoms with Crippen LogP contribution in [-0.2, 0) is 0 Å². The molecule has 130 valence electrons. The van der Waals surface area contributed by atoms with Crippen LogP contribution < -0.4 is 0 Å². The standard InChI is InChI=1S/C24H17FN2/c25-19-14-12-18(13-15-19)24-22-11-6-16-27(22)21-10-5-4-9-20(21)23(26-24)17-7-2-1-3-8-17/h1-16,23H/t23-/m0/s1. The summed E-state index contributed by atoms with van der Waals surface area (Å²) in [6, 6.07) is 29.2. The Kier molecular flexibility index (Phi) is 3.72. The van der Waals surface area contributed by atoms with Crippen molar-refractivity contribution in [2.24, 2.45) is 4.99 Å². The fraction of sp³-hybridized carbons (Fsp3) is 0.0417. The van der Waals surface area contributed by atoms with Gasteiger partial charge in [-0.15, -0.1) is 0 Å². The molecule has 0 radical (unpaired) electrons. The van der Waals surface area contributed by atoms with E-state index in [2.05, 4.69) is 47.2 Å². The predicted molar refractivity (Wildman–Crippen MR) is 106 cm³/mol. The van der Waals surface area contributed by atoms with E-state index in [4.69, 9.17) is 4.99 Å². The number of aliphatic imine (C=N–C) groups is 1. The molecule has 0 saturated heterocycles. The van der Waals surface area contributed by atoms with Crippen LogP contribution in [0.4, 0.5) is 4.39 Å². The van der Waals surface area contributed by atoms with Gasteiger partial charge in [0.25, 0.3) is 0 Å². The number of halogens is 1. The molecule has 0 aliphatic carbocycles. The number of hydrogen-bond donors (Lipinski definition) is 0. The summed E-state index contributed by atoms with van der Waals surface area (Å²) in [6.45, 7) is 0. The molecule has 1 atom stereocenters. The Bertz CT molecular complexity index is 1120. The minimum absolute atomic E-state index is 0.123. The molecule has 0 saturated carbocycles. The second-order valence-electron chi connectivity index (χ2n) is 6.62. The normalized spacial score (nSPS) is 15.4. The van der Waals surface area contributed by atoms with Crippen LogP contribution in [0.3, 0.4) is 0 Å². The van der Waals surface area contributed by atoms with Crippen molar-refractivity contribution in [1.29, 1.82) is 0 Å². The van der Waals surface area contributed by atoms with Crippen molar-refractivity contribution in [3.05, 3.63) is 125 Å². The molecule has 27 heavy (non-hydrogen) atoms. The van der Waals surface area contributed by atoms with E-state index in [1.807, 2.05) is 30.3 Å². The van der Waals surface area contributed by atoms with Gasteiger partial charge in [0.15, 0.2) is 0 Å². The Hall–Kier alpha value is -3.46. The van der Waals surface area contributed by atoms with Crippen molar-refractivity contribution >= 4 is 5.71 Å². The van der Waals surface area contributed by atoms with E-state index in [1.165, 1.54) is 12.1 Å². The summed E-state index contributed by atoms with van der Waals surface area (Å²) in [5.41, 5.74) is 6.18. The van der Waals surface area contributed by atoms with Crippen LogP contribution in [-0.4, -0.2) is 10.3 Å². The highest BCUT2D eigenvalue weighted by Gasteiger charge is 2.25. The SMILES string of the molecule is Fc1ccc(C2=N[C@@H](c3ccccc3)c3ccccc3-n3cccc32)cc1. The van der Waals surface area contributed by atoms with Gasteiger partial charge in [-0.1, -0.05) is 48.5 Å². The van der Waals surface area contributed by atoms with Gasteiger partial charge in [0.1, 0.15) is 11.9 Å². The Morgan fingerprint density at radius 1 is 0.741 bits per heavy atom. The molecule has 0 N–H and O–H groups in total. The number of aromatic nitrogens is 1. The molecule has 3 aromatic carbocycles. The molecule has 5 rings (SSSR count). The summed E-state index contributed by atoms with van der Waals surface area (Å²) in [6.07, 6.45) is 2.06. The Morgan fingerprint density at radius 2 is 1.48 bits per heavy atom. The highest BCUT2D eigenvalue weighted by molar-refractivity contribution is 6.12. The summed E-state index contributed by atoms with van der Waals surface area (Å²) in [7, 11) is 0. The van der Waals surface area contributed by atoms with Crippen LogP contribution in [0, 0.1) is 5.82 Å². The first-order valence-corrected chi connectivity index (χ1v) is 8.97. The third-order valence-electron chi connectivity index (χ3n) is 4.97. The van der Waals surface area contributed by atoms with Gasteiger partial charge in [0.05, 0.1) is 17.1 Å². The molecule has 0 fully saturated rings. The lowest BCUT2D eigenvalue weighted by molar-refractivity contribution is 0.628. The highest BCUT2D eigenvalue weighted by Crippen LogP contribution is 2.35. The van der Waals surface area contributed by atoms with E-state index in [1.54, 1.807) is 12.1 Å². The van der Waals surface area contributed by atoms with Gasteiger partial charge < -0.3 is 4.57 Å². The molecule has 0 spiro atoms. The maximum absolute atomic E-state index is 13.5. The minimum atomic E-state index is -0.244. The van der Waals surface area contributed by atoms with E-state index >= 15 is 0 Å². The second kappa shape index (κ2) is 6.36. The molecule has 1 aromatic heterocycles. The van der Waals surface area contributed by atoms with Gasteiger partial charge in [0.2, 0.25) is 0 Å². The first kappa shape index (κ1) is 15.8.